The van der Waals surface area contributed by atoms with Crippen LogP contribution in [0.25, 0.3) is 0 Å². The Bertz CT molecular complexity index is 282. The molecule has 2 aliphatic rings. The smallest absolute Gasteiger partial charge is 0.191 e. The van der Waals surface area contributed by atoms with Crippen LogP contribution in [0, 0.1) is 5.92 Å². The Hall–Kier alpha value is -0.990. The van der Waals surface area contributed by atoms with Crippen LogP contribution in [0.1, 0.15) is 51.4 Å². The highest BCUT2D eigenvalue weighted by molar-refractivity contribution is 5.80. The zero-order chi connectivity index (χ0) is 12.6. The molecule has 0 bridgehead atoms. The van der Waals surface area contributed by atoms with E-state index in [0.29, 0.717) is 6.04 Å². The van der Waals surface area contributed by atoms with Crippen LogP contribution in [-0.4, -0.2) is 25.6 Å². The fraction of sp³-hybridized carbons (Fsp3) is 0.800. The molecule has 0 aromatic heterocycles. The molecule has 0 radical (unpaired) electrons. The van der Waals surface area contributed by atoms with E-state index in [2.05, 4.69) is 27.8 Å². The Balaban J connectivity index is 1.55. The van der Waals surface area contributed by atoms with Gasteiger partial charge in [0.25, 0.3) is 0 Å². The lowest BCUT2D eigenvalue weighted by Gasteiger charge is -2.17. The molecule has 3 nitrogen and oxygen atoms in total. The van der Waals surface area contributed by atoms with E-state index in [-0.39, 0.29) is 0 Å². The predicted molar refractivity (Wildman–Crippen MR) is 77.9 cm³/mol. The first-order valence-corrected chi connectivity index (χ1v) is 7.50. The number of guanidine groups is 1. The molecule has 0 amide bonds. The number of nitrogens with zero attached hydrogens (tertiary/aromatic N) is 1. The first-order valence-electron chi connectivity index (χ1n) is 7.50. The molecule has 3 heteroatoms. The molecule has 0 aliphatic heterocycles. The summed E-state index contributed by atoms with van der Waals surface area (Å²) in [5.74, 6) is 1.97. The standard InChI is InChI=1S/C15H27N3/c1-16-15(18-14-10-4-5-11-14)17-12-6-9-13-7-2-3-8-13/h4-5,13-14H,2-3,6-12H2,1H3,(H2,16,17,18). The van der Waals surface area contributed by atoms with Gasteiger partial charge in [-0.05, 0) is 31.6 Å². The second-order valence-corrected chi connectivity index (χ2v) is 5.58. The van der Waals surface area contributed by atoms with Gasteiger partial charge in [-0.25, -0.2) is 0 Å². The summed E-state index contributed by atoms with van der Waals surface area (Å²) in [7, 11) is 1.86. The minimum Gasteiger partial charge on any atom is -0.356 e. The number of hydrogen-bond donors (Lipinski definition) is 2. The molecule has 0 saturated heterocycles. The van der Waals surface area contributed by atoms with Gasteiger partial charge in [-0.15, -0.1) is 0 Å². The van der Waals surface area contributed by atoms with Crippen LogP contribution in [0.5, 0.6) is 0 Å². The third kappa shape index (κ3) is 4.35. The van der Waals surface area contributed by atoms with Gasteiger partial charge >= 0.3 is 0 Å². The van der Waals surface area contributed by atoms with Crippen molar-refractivity contribution in [2.45, 2.75) is 57.4 Å². The van der Waals surface area contributed by atoms with E-state index in [4.69, 9.17) is 0 Å². The second kappa shape index (κ2) is 7.45. The van der Waals surface area contributed by atoms with Gasteiger partial charge in [0.15, 0.2) is 5.96 Å². The van der Waals surface area contributed by atoms with Crippen LogP contribution >= 0.6 is 0 Å². The minimum atomic E-state index is 0.547. The molecule has 0 spiro atoms. The summed E-state index contributed by atoms with van der Waals surface area (Å²) in [6.45, 7) is 1.05. The van der Waals surface area contributed by atoms with Crippen molar-refractivity contribution in [2.24, 2.45) is 10.9 Å². The molecule has 0 heterocycles. The van der Waals surface area contributed by atoms with Crippen LogP contribution in [0.2, 0.25) is 0 Å². The lowest BCUT2D eigenvalue weighted by Crippen LogP contribution is -2.42. The third-order valence-electron chi connectivity index (χ3n) is 4.13. The van der Waals surface area contributed by atoms with E-state index >= 15 is 0 Å². The third-order valence-corrected chi connectivity index (χ3v) is 4.13. The first-order chi connectivity index (χ1) is 8.88. The summed E-state index contributed by atoms with van der Waals surface area (Å²) >= 11 is 0. The minimum absolute atomic E-state index is 0.547. The highest BCUT2D eigenvalue weighted by atomic mass is 15.2. The SMILES string of the molecule is CN=C(NCCCC1CCCC1)NC1CC=CC1. The van der Waals surface area contributed by atoms with Crippen LogP contribution in [0.15, 0.2) is 17.1 Å². The Labute approximate surface area is 111 Å². The molecule has 18 heavy (non-hydrogen) atoms. The van der Waals surface area contributed by atoms with E-state index in [9.17, 15) is 0 Å². The average molecular weight is 249 g/mol. The maximum atomic E-state index is 4.29. The number of nitrogens with one attached hydrogen (secondary N) is 2. The van der Waals surface area contributed by atoms with Crippen molar-refractivity contribution in [2.75, 3.05) is 13.6 Å². The Kier molecular flexibility index (Phi) is 5.56. The molecule has 2 rings (SSSR count). The monoisotopic (exact) mass is 249 g/mol. The molecule has 102 valence electrons. The Morgan fingerprint density at radius 1 is 1.22 bits per heavy atom. The predicted octanol–water partition coefficient (Wildman–Crippen LogP) is 2.84. The molecule has 2 N–H and O–H groups in total. The van der Waals surface area contributed by atoms with Crippen LogP contribution in [0.4, 0.5) is 0 Å². The fourth-order valence-corrected chi connectivity index (χ4v) is 3.02. The van der Waals surface area contributed by atoms with E-state index in [0.717, 1.165) is 31.3 Å². The topological polar surface area (TPSA) is 36.4 Å². The molecule has 2 aliphatic carbocycles. The molecular weight excluding hydrogens is 222 g/mol. The van der Waals surface area contributed by atoms with Crippen molar-refractivity contribution in [1.29, 1.82) is 0 Å². The second-order valence-electron chi connectivity index (χ2n) is 5.58. The molecule has 0 unspecified atom stereocenters. The summed E-state index contributed by atoms with van der Waals surface area (Å²) in [4.78, 5) is 4.29. The highest BCUT2D eigenvalue weighted by Gasteiger charge is 2.14. The summed E-state index contributed by atoms with van der Waals surface area (Å²) in [6, 6.07) is 0.547. The highest BCUT2D eigenvalue weighted by Crippen LogP contribution is 2.28. The molecular formula is C15H27N3. The average Bonchev–Trinajstić information content (AvgIpc) is 3.06. The van der Waals surface area contributed by atoms with Gasteiger partial charge in [0.05, 0.1) is 0 Å². The quantitative estimate of drug-likeness (QED) is 0.340. The van der Waals surface area contributed by atoms with Crippen LogP contribution in [-0.2, 0) is 0 Å². The summed E-state index contributed by atoms with van der Waals surface area (Å²) < 4.78 is 0. The number of rotatable bonds is 5. The maximum Gasteiger partial charge on any atom is 0.191 e. The molecule has 1 fully saturated rings. The normalized spacial score (nSPS) is 21.7. The molecule has 0 atom stereocenters. The van der Waals surface area contributed by atoms with Crippen molar-refractivity contribution in [3.05, 3.63) is 12.2 Å². The van der Waals surface area contributed by atoms with Crippen molar-refractivity contribution in [1.82, 2.24) is 10.6 Å². The van der Waals surface area contributed by atoms with Gasteiger partial charge in [-0.3, -0.25) is 4.99 Å². The Morgan fingerprint density at radius 3 is 2.61 bits per heavy atom. The number of hydrogen-bond acceptors (Lipinski definition) is 1. The van der Waals surface area contributed by atoms with Crippen molar-refractivity contribution < 1.29 is 0 Å². The van der Waals surface area contributed by atoms with E-state index in [1.807, 2.05) is 7.05 Å². The summed E-state index contributed by atoms with van der Waals surface area (Å²) in [5, 5.41) is 6.90. The summed E-state index contributed by atoms with van der Waals surface area (Å²) in [5.41, 5.74) is 0. The van der Waals surface area contributed by atoms with Gasteiger partial charge in [0.2, 0.25) is 0 Å². The summed E-state index contributed by atoms with van der Waals surface area (Å²) in [6.07, 6.45) is 15.2. The van der Waals surface area contributed by atoms with Crippen molar-refractivity contribution in [3.63, 3.8) is 0 Å². The van der Waals surface area contributed by atoms with Crippen molar-refractivity contribution in [3.8, 4) is 0 Å². The first kappa shape index (κ1) is 13.4. The largest absolute Gasteiger partial charge is 0.356 e. The van der Waals surface area contributed by atoms with E-state index in [1.165, 1.54) is 38.5 Å². The van der Waals surface area contributed by atoms with Gasteiger partial charge in [0.1, 0.15) is 0 Å². The zero-order valence-corrected chi connectivity index (χ0v) is 11.6. The molecule has 0 aromatic carbocycles. The lowest BCUT2D eigenvalue weighted by atomic mass is 10.0. The zero-order valence-electron chi connectivity index (χ0n) is 11.6. The van der Waals surface area contributed by atoms with Crippen LogP contribution < -0.4 is 10.6 Å². The fourth-order valence-electron chi connectivity index (χ4n) is 3.02. The van der Waals surface area contributed by atoms with Gasteiger partial charge in [-0.2, -0.15) is 0 Å². The maximum absolute atomic E-state index is 4.29. The van der Waals surface area contributed by atoms with Crippen molar-refractivity contribution >= 4 is 5.96 Å². The molecule has 1 saturated carbocycles. The van der Waals surface area contributed by atoms with Gasteiger partial charge in [0, 0.05) is 19.6 Å². The van der Waals surface area contributed by atoms with Crippen LogP contribution in [0.3, 0.4) is 0 Å². The number of aliphatic imine (C=N–C) groups is 1. The lowest BCUT2D eigenvalue weighted by molar-refractivity contribution is 0.480. The Morgan fingerprint density at radius 2 is 1.94 bits per heavy atom. The van der Waals surface area contributed by atoms with E-state index in [1.54, 1.807) is 0 Å². The van der Waals surface area contributed by atoms with E-state index < -0.39 is 0 Å². The van der Waals surface area contributed by atoms with Gasteiger partial charge < -0.3 is 10.6 Å². The van der Waals surface area contributed by atoms with Gasteiger partial charge in [-0.1, -0.05) is 37.8 Å². The molecule has 0 aromatic rings.